The smallest absolute Gasteiger partial charge is 0.319 e. The molecule has 7 heteroatoms. The molecule has 2 N–H and O–H groups in total. The molecule has 3 amide bonds. The highest BCUT2D eigenvalue weighted by atomic mass is 35.5. The molecule has 124 valence electrons. The lowest BCUT2D eigenvalue weighted by Crippen LogP contribution is -2.47. The Morgan fingerprint density at radius 1 is 1.22 bits per heavy atom. The minimum atomic E-state index is -0.563. The number of hydrogen-bond acceptors (Lipinski definition) is 2. The van der Waals surface area contributed by atoms with E-state index >= 15 is 0 Å². The Bertz CT molecular complexity index is 669. The summed E-state index contributed by atoms with van der Waals surface area (Å²) in [6.45, 7) is 6.74. The summed E-state index contributed by atoms with van der Waals surface area (Å²) in [5.41, 5.74) is 1.76. The number of hydrogen-bond donors (Lipinski definition) is 2. The number of likely N-dealkylation sites (N-methyl/N-ethyl adjacent to an activating group) is 1. The molecule has 1 atom stereocenters. The van der Waals surface area contributed by atoms with Crippen LogP contribution >= 0.6 is 23.2 Å². The first-order chi connectivity index (χ1) is 10.9. The summed E-state index contributed by atoms with van der Waals surface area (Å²) in [5, 5.41) is 6.25. The van der Waals surface area contributed by atoms with Crippen LogP contribution < -0.4 is 10.6 Å². The maximum absolute atomic E-state index is 12.8. The summed E-state index contributed by atoms with van der Waals surface area (Å²) in [7, 11) is 0. The molecule has 0 bridgehead atoms. The highest BCUT2D eigenvalue weighted by molar-refractivity contribution is 6.42. The largest absolute Gasteiger partial charge is 0.339 e. The van der Waals surface area contributed by atoms with Gasteiger partial charge in [-0.05, 0) is 38.5 Å². The summed E-state index contributed by atoms with van der Waals surface area (Å²) in [4.78, 5) is 26.4. The average molecular weight is 356 g/mol. The number of carbonyl (C=O) groups is 2. The molecule has 0 aromatic heterocycles. The predicted octanol–water partition coefficient (Wildman–Crippen LogP) is 3.49. The Morgan fingerprint density at radius 3 is 2.43 bits per heavy atom. The second-order valence-corrected chi connectivity index (χ2v) is 6.04. The Labute approximate surface area is 145 Å². The number of benzene rings is 1. The lowest BCUT2D eigenvalue weighted by Gasteiger charge is -2.31. The van der Waals surface area contributed by atoms with Gasteiger partial charge in [-0.25, -0.2) is 4.79 Å². The van der Waals surface area contributed by atoms with Crippen molar-refractivity contribution >= 4 is 35.1 Å². The van der Waals surface area contributed by atoms with Gasteiger partial charge < -0.3 is 15.5 Å². The lowest BCUT2D eigenvalue weighted by atomic mass is 9.94. The zero-order valence-electron chi connectivity index (χ0n) is 13.2. The second-order valence-electron chi connectivity index (χ2n) is 5.22. The Morgan fingerprint density at radius 2 is 1.87 bits per heavy atom. The van der Waals surface area contributed by atoms with E-state index in [0.717, 1.165) is 0 Å². The minimum absolute atomic E-state index is 0.115. The third-order valence-electron chi connectivity index (χ3n) is 3.83. The van der Waals surface area contributed by atoms with E-state index in [1.165, 1.54) is 0 Å². The number of nitrogens with one attached hydrogen (secondary N) is 2. The molecule has 0 saturated carbocycles. The fourth-order valence-corrected chi connectivity index (χ4v) is 2.91. The van der Waals surface area contributed by atoms with Crippen LogP contribution in [0.1, 0.15) is 32.4 Å². The number of halogens is 2. The van der Waals surface area contributed by atoms with E-state index in [1.54, 1.807) is 30.0 Å². The number of amides is 3. The van der Waals surface area contributed by atoms with Gasteiger partial charge in [-0.3, -0.25) is 4.79 Å². The number of rotatable bonds is 4. The van der Waals surface area contributed by atoms with Gasteiger partial charge in [-0.1, -0.05) is 29.3 Å². The molecule has 2 rings (SSSR count). The van der Waals surface area contributed by atoms with Crippen molar-refractivity contribution in [1.29, 1.82) is 0 Å². The summed E-state index contributed by atoms with van der Waals surface area (Å²) in [6.07, 6.45) is 0. The first-order valence-corrected chi connectivity index (χ1v) is 8.17. The molecule has 23 heavy (non-hydrogen) atoms. The van der Waals surface area contributed by atoms with Crippen LogP contribution in [0.25, 0.3) is 0 Å². The number of urea groups is 1. The van der Waals surface area contributed by atoms with Crippen molar-refractivity contribution in [3.63, 3.8) is 0 Å². The van der Waals surface area contributed by atoms with Crippen molar-refractivity contribution < 1.29 is 9.59 Å². The summed E-state index contributed by atoms with van der Waals surface area (Å²) >= 11 is 12.0. The van der Waals surface area contributed by atoms with Gasteiger partial charge >= 0.3 is 6.03 Å². The molecule has 0 spiro atoms. The topological polar surface area (TPSA) is 61.4 Å². The molecule has 1 heterocycles. The van der Waals surface area contributed by atoms with E-state index in [0.29, 0.717) is 40.0 Å². The van der Waals surface area contributed by atoms with Crippen LogP contribution in [0.2, 0.25) is 10.0 Å². The van der Waals surface area contributed by atoms with E-state index in [1.807, 2.05) is 13.8 Å². The van der Waals surface area contributed by atoms with Crippen LogP contribution in [-0.4, -0.2) is 29.9 Å². The SMILES string of the molecule is CCN(CC)C(=O)C1=C(C)NC(=O)N[C@H]1c1ccc(Cl)c(Cl)c1. The van der Waals surface area contributed by atoms with Gasteiger partial charge in [-0.15, -0.1) is 0 Å². The van der Waals surface area contributed by atoms with Crippen LogP contribution in [0.5, 0.6) is 0 Å². The maximum atomic E-state index is 12.8. The van der Waals surface area contributed by atoms with Gasteiger partial charge in [0.2, 0.25) is 0 Å². The van der Waals surface area contributed by atoms with Gasteiger partial charge in [0.05, 0.1) is 21.7 Å². The average Bonchev–Trinajstić information content (AvgIpc) is 2.50. The van der Waals surface area contributed by atoms with Crippen LogP contribution in [0.3, 0.4) is 0 Å². The molecule has 0 aliphatic carbocycles. The van der Waals surface area contributed by atoms with Gasteiger partial charge in [0, 0.05) is 18.8 Å². The van der Waals surface area contributed by atoms with Crippen LogP contribution in [-0.2, 0) is 4.79 Å². The monoisotopic (exact) mass is 355 g/mol. The number of nitrogens with zero attached hydrogens (tertiary/aromatic N) is 1. The van der Waals surface area contributed by atoms with Gasteiger partial charge in [-0.2, -0.15) is 0 Å². The first-order valence-electron chi connectivity index (χ1n) is 7.41. The minimum Gasteiger partial charge on any atom is -0.339 e. The Kier molecular flexibility index (Phi) is 5.55. The standard InChI is InChI=1S/C16H19Cl2N3O2/c1-4-21(5-2)15(22)13-9(3)19-16(23)20-14(13)10-6-7-11(17)12(18)8-10/h6-8,14H,4-5H2,1-3H3,(H2,19,20,23)/t14-/m0/s1. The van der Waals surface area contributed by atoms with E-state index in [-0.39, 0.29) is 11.9 Å². The molecule has 1 aromatic carbocycles. The van der Waals surface area contributed by atoms with Crippen molar-refractivity contribution in [3.05, 3.63) is 45.1 Å². The van der Waals surface area contributed by atoms with Crippen LogP contribution in [0, 0.1) is 0 Å². The fourth-order valence-electron chi connectivity index (χ4n) is 2.60. The molecule has 5 nitrogen and oxygen atoms in total. The molecule has 1 aliphatic rings. The Balaban J connectivity index is 2.49. The van der Waals surface area contributed by atoms with Crippen LogP contribution in [0.15, 0.2) is 29.5 Å². The Hall–Kier alpha value is -1.72. The summed E-state index contributed by atoms with van der Waals surface area (Å²) in [6, 6.07) is 4.17. The zero-order valence-corrected chi connectivity index (χ0v) is 14.8. The summed E-state index contributed by atoms with van der Waals surface area (Å²) in [5.74, 6) is -0.115. The molecule has 0 radical (unpaired) electrons. The molecule has 0 saturated heterocycles. The normalized spacial score (nSPS) is 17.6. The van der Waals surface area contributed by atoms with E-state index in [9.17, 15) is 9.59 Å². The van der Waals surface area contributed by atoms with Gasteiger partial charge in [0.15, 0.2) is 0 Å². The van der Waals surface area contributed by atoms with Crippen molar-refractivity contribution in [3.8, 4) is 0 Å². The zero-order chi connectivity index (χ0) is 17.1. The molecule has 0 fully saturated rings. The van der Waals surface area contributed by atoms with Crippen molar-refractivity contribution in [2.45, 2.75) is 26.8 Å². The molecule has 1 aliphatic heterocycles. The van der Waals surface area contributed by atoms with E-state index in [4.69, 9.17) is 23.2 Å². The number of carbonyl (C=O) groups excluding carboxylic acids is 2. The van der Waals surface area contributed by atoms with Crippen molar-refractivity contribution in [2.24, 2.45) is 0 Å². The van der Waals surface area contributed by atoms with Gasteiger partial charge in [0.25, 0.3) is 5.91 Å². The lowest BCUT2D eigenvalue weighted by molar-refractivity contribution is -0.127. The van der Waals surface area contributed by atoms with Gasteiger partial charge in [0.1, 0.15) is 0 Å². The highest BCUT2D eigenvalue weighted by Crippen LogP contribution is 2.32. The first kappa shape index (κ1) is 17.6. The van der Waals surface area contributed by atoms with Crippen LogP contribution in [0.4, 0.5) is 4.79 Å². The third-order valence-corrected chi connectivity index (χ3v) is 4.57. The number of allylic oxidation sites excluding steroid dienone is 1. The maximum Gasteiger partial charge on any atom is 0.319 e. The third kappa shape index (κ3) is 3.62. The van der Waals surface area contributed by atoms with E-state index < -0.39 is 6.04 Å². The van der Waals surface area contributed by atoms with Crippen molar-refractivity contribution in [2.75, 3.05) is 13.1 Å². The summed E-state index contributed by atoms with van der Waals surface area (Å²) < 4.78 is 0. The fraction of sp³-hybridized carbons (Fsp3) is 0.375. The quantitative estimate of drug-likeness (QED) is 0.868. The van der Waals surface area contributed by atoms with Crippen molar-refractivity contribution in [1.82, 2.24) is 15.5 Å². The predicted molar refractivity (Wildman–Crippen MR) is 91.5 cm³/mol. The molecule has 0 unspecified atom stereocenters. The van der Waals surface area contributed by atoms with E-state index in [2.05, 4.69) is 10.6 Å². The molecular weight excluding hydrogens is 337 g/mol. The highest BCUT2D eigenvalue weighted by Gasteiger charge is 2.33. The molecular formula is C16H19Cl2N3O2. The molecule has 1 aromatic rings. The second kappa shape index (κ2) is 7.23.